The maximum absolute atomic E-state index is 12.0. The average molecular weight is 325 g/mol. The normalized spacial score (nSPS) is 11.6. The van der Waals surface area contributed by atoms with Crippen LogP contribution in [0.5, 0.6) is 0 Å². The van der Waals surface area contributed by atoms with E-state index in [1.54, 1.807) is 45.0 Å². The number of nitrogens with zero attached hydrogens (tertiary/aromatic N) is 1. The summed E-state index contributed by atoms with van der Waals surface area (Å²) in [5, 5.41) is 4.98. The number of hydrogen-bond donors (Lipinski definition) is 1. The minimum atomic E-state index is -0.316. The van der Waals surface area contributed by atoms with Crippen LogP contribution in [0.1, 0.15) is 34.4 Å². The average Bonchev–Trinajstić information content (AvgIpc) is 2.77. The highest BCUT2D eigenvalue weighted by Crippen LogP contribution is 2.22. The maximum atomic E-state index is 12.0. The van der Waals surface area contributed by atoms with Crippen molar-refractivity contribution >= 4 is 34.8 Å². The predicted molar refractivity (Wildman–Crippen MR) is 84.3 cm³/mol. The Morgan fingerprint density at radius 3 is 2.48 bits per heavy atom. The van der Waals surface area contributed by atoms with Crippen LogP contribution in [0.2, 0.25) is 10.0 Å². The Bertz CT molecular complexity index is 720. The topological polar surface area (TPSA) is 54.6 Å². The van der Waals surface area contributed by atoms with Crippen LogP contribution in [0, 0.1) is 13.8 Å². The summed E-state index contributed by atoms with van der Waals surface area (Å²) < 4.78 is 5.31. The molecule has 0 bridgehead atoms. The molecule has 1 N–H and O–H groups in total. The van der Waals surface area contributed by atoms with E-state index in [4.69, 9.17) is 27.6 Å². The van der Waals surface area contributed by atoms with Gasteiger partial charge in [0.15, 0.2) is 0 Å². The van der Waals surface area contributed by atoms with Gasteiger partial charge in [-0.3, -0.25) is 4.79 Å². The summed E-state index contributed by atoms with van der Waals surface area (Å²) in [7, 11) is 0. The molecule has 0 radical (unpaired) electrons. The summed E-state index contributed by atoms with van der Waals surface area (Å²) in [4.78, 5) is 12.0. The Morgan fingerprint density at radius 2 is 1.90 bits per heavy atom. The Labute approximate surface area is 132 Å². The van der Waals surface area contributed by atoms with Crippen molar-refractivity contribution in [2.45, 2.75) is 20.8 Å². The Balaban J connectivity index is 2.14. The van der Waals surface area contributed by atoms with E-state index in [1.807, 2.05) is 0 Å². The van der Waals surface area contributed by atoms with Crippen LogP contribution in [-0.2, 0) is 0 Å². The number of rotatable bonds is 3. The molecular formula is C15H14Cl2N2O2. The van der Waals surface area contributed by atoms with E-state index < -0.39 is 0 Å². The van der Waals surface area contributed by atoms with Gasteiger partial charge in [-0.2, -0.15) is 5.10 Å². The van der Waals surface area contributed by atoms with Crippen LogP contribution in [0.4, 0.5) is 0 Å². The van der Waals surface area contributed by atoms with E-state index in [1.165, 1.54) is 0 Å². The summed E-state index contributed by atoms with van der Waals surface area (Å²) in [6.45, 7) is 5.29. The molecule has 1 aromatic carbocycles. The SMILES string of the molecule is C/C(=N\NC(=O)c1cc(C)oc1C)c1ccc(Cl)c(Cl)c1. The minimum Gasteiger partial charge on any atom is -0.466 e. The van der Waals surface area contributed by atoms with Crippen molar-refractivity contribution < 1.29 is 9.21 Å². The Morgan fingerprint density at radius 1 is 1.19 bits per heavy atom. The monoisotopic (exact) mass is 324 g/mol. The van der Waals surface area contributed by atoms with Crippen LogP contribution in [-0.4, -0.2) is 11.6 Å². The molecule has 1 heterocycles. The lowest BCUT2D eigenvalue weighted by molar-refractivity contribution is 0.0953. The number of carbonyl (C=O) groups excluding carboxylic acids is 1. The van der Waals surface area contributed by atoms with Gasteiger partial charge in [0.05, 0.1) is 21.3 Å². The number of nitrogens with one attached hydrogen (secondary N) is 1. The molecule has 1 amide bonds. The highest BCUT2D eigenvalue weighted by Gasteiger charge is 2.13. The van der Waals surface area contributed by atoms with Gasteiger partial charge in [-0.05, 0) is 44.5 Å². The molecule has 0 fully saturated rings. The van der Waals surface area contributed by atoms with Gasteiger partial charge in [-0.25, -0.2) is 5.43 Å². The fourth-order valence-electron chi connectivity index (χ4n) is 1.84. The molecule has 0 saturated heterocycles. The highest BCUT2D eigenvalue weighted by molar-refractivity contribution is 6.42. The van der Waals surface area contributed by atoms with Crippen LogP contribution in [0.15, 0.2) is 33.8 Å². The van der Waals surface area contributed by atoms with E-state index in [0.717, 1.165) is 5.56 Å². The second-order valence-corrected chi connectivity index (χ2v) is 5.41. The van der Waals surface area contributed by atoms with Gasteiger partial charge in [0.1, 0.15) is 11.5 Å². The van der Waals surface area contributed by atoms with Gasteiger partial charge < -0.3 is 4.42 Å². The molecule has 1 aromatic heterocycles. The molecule has 21 heavy (non-hydrogen) atoms. The fraction of sp³-hybridized carbons (Fsp3) is 0.200. The molecule has 4 nitrogen and oxygen atoms in total. The van der Waals surface area contributed by atoms with Crippen molar-refractivity contribution in [3.05, 3.63) is 57.0 Å². The number of amides is 1. The Kier molecular flexibility index (Phi) is 4.70. The molecule has 0 saturated carbocycles. The minimum absolute atomic E-state index is 0.316. The number of halogens is 2. The zero-order valence-electron chi connectivity index (χ0n) is 11.8. The van der Waals surface area contributed by atoms with Crippen LogP contribution in [0.3, 0.4) is 0 Å². The first-order chi connectivity index (χ1) is 9.88. The molecule has 0 aliphatic heterocycles. The lowest BCUT2D eigenvalue weighted by Crippen LogP contribution is -2.19. The van der Waals surface area contributed by atoms with Gasteiger partial charge in [0.25, 0.3) is 5.91 Å². The first kappa shape index (κ1) is 15.6. The number of benzene rings is 1. The maximum Gasteiger partial charge on any atom is 0.274 e. The third-order valence-electron chi connectivity index (χ3n) is 2.95. The summed E-state index contributed by atoms with van der Waals surface area (Å²) in [5.41, 5.74) is 4.38. The molecule has 0 aliphatic carbocycles. The predicted octanol–water partition coefficient (Wildman–Crippen LogP) is 4.36. The van der Waals surface area contributed by atoms with E-state index in [2.05, 4.69) is 10.5 Å². The largest absolute Gasteiger partial charge is 0.466 e. The van der Waals surface area contributed by atoms with Crippen LogP contribution >= 0.6 is 23.2 Å². The number of aryl methyl sites for hydroxylation is 2. The molecule has 6 heteroatoms. The number of carbonyl (C=O) groups is 1. The lowest BCUT2D eigenvalue weighted by atomic mass is 10.1. The van der Waals surface area contributed by atoms with Crippen molar-refractivity contribution in [2.75, 3.05) is 0 Å². The number of hydrazone groups is 1. The third-order valence-corrected chi connectivity index (χ3v) is 3.69. The lowest BCUT2D eigenvalue weighted by Gasteiger charge is -2.04. The van der Waals surface area contributed by atoms with Crippen LogP contribution < -0.4 is 5.43 Å². The second-order valence-electron chi connectivity index (χ2n) is 4.59. The molecule has 2 rings (SSSR count). The molecule has 0 unspecified atom stereocenters. The zero-order chi connectivity index (χ0) is 15.6. The zero-order valence-corrected chi connectivity index (χ0v) is 13.3. The van der Waals surface area contributed by atoms with Gasteiger partial charge in [-0.15, -0.1) is 0 Å². The summed E-state index contributed by atoms with van der Waals surface area (Å²) in [6.07, 6.45) is 0. The van der Waals surface area contributed by atoms with Crippen molar-refractivity contribution in [3.63, 3.8) is 0 Å². The fourth-order valence-corrected chi connectivity index (χ4v) is 2.13. The molecule has 0 spiro atoms. The molecule has 0 aliphatic rings. The van der Waals surface area contributed by atoms with E-state index in [9.17, 15) is 4.79 Å². The van der Waals surface area contributed by atoms with Gasteiger partial charge >= 0.3 is 0 Å². The van der Waals surface area contributed by atoms with E-state index in [0.29, 0.717) is 32.8 Å². The molecule has 110 valence electrons. The Hall–Kier alpha value is -1.78. The third kappa shape index (κ3) is 3.65. The highest BCUT2D eigenvalue weighted by atomic mass is 35.5. The standard InChI is InChI=1S/C15H14Cl2N2O2/c1-8-6-12(10(3)21-8)15(20)19-18-9(2)11-4-5-13(16)14(17)7-11/h4-7H,1-3H3,(H,19,20)/b18-9+. The quantitative estimate of drug-likeness (QED) is 0.673. The molecular weight excluding hydrogens is 311 g/mol. The second kappa shape index (κ2) is 6.33. The van der Waals surface area contributed by atoms with Crippen molar-refractivity contribution in [2.24, 2.45) is 5.10 Å². The van der Waals surface area contributed by atoms with Crippen molar-refractivity contribution in [3.8, 4) is 0 Å². The van der Waals surface area contributed by atoms with Crippen LogP contribution in [0.25, 0.3) is 0 Å². The summed E-state index contributed by atoms with van der Waals surface area (Å²) in [6, 6.07) is 6.84. The van der Waals surface area contributed by atoms with E-state index in [-0.39, 0.29) is 5.91 Å². The smallest absolute Gasteiger partial charge is 0.274 e. The van der Waals surface area contributed by atoms with Crippen molar-refractivity contribution in [1.29, 1.82) is 0 Å². The summed E-state index contributed by atoms with van der Waals surface area (Å²) >= 11 is 11.8. The van der Waals surface area contributed by atoms with Gasteiger partial charge in [-0.1, -0.05) is 29.3 Å². The summed E-state index contributed by atoms with van der Waals surface area (Å²) in [5.74, 6) is 0.930. The van der Waals surface area contributed by atoms with Gasteiger partial charge in [0, 0.05) is 0 Å². The first-order valence-corrected chi connectivity index (χ1v) is 7.01. The molecule has 0 atom stereocenters. The number of hydrogen-bond acceptors (Lipinski definition) is 3. The molecule has 2 aromatic rings. The first-order valence-electron chi connectivity index (χ1n) is 6.25. The van der Waals surface area contributed by atoms with Gasteiger partial charge in [0.2, 0.25) is 0 Å². The van der Waals surface area contributed by atoms with Crippen molar-refractivity contribution in [1.82, 2.24) is 5.43 Å². The number of furan rings is 1. The van der Waals surface area contributed by atoms with E-state index >= 15 is 0 Å².